The Kier molecular flexibility index (Phi) is 2930. The molecule has 0 aliphatic rings. The first kappa shape index (κ1) is 47.3. The van der Waals surface area contributed by atoms with Crippen molar-refractivity contribution in [2.75, 3.05) is 14.2 Å². The van der Waals surface area contributed by atoms with E-state index >= 15 is 0 Å². The van der Waals surface area contributed by atoms with Crippen LogP contribution in [0.3, 0.4) is 0 Å². The molecule has 0 saturated carbocycles. The van der Waals surface area contributed by atoms with Gasteiger partial charge < -0.3 is 21.2 Å². The van der Waals surface area contributed by atoms with Crippen molar-refractivity contribution in [2.24, 2.45) is 0 Å². The van der Waals surface area contributed by atoms with Gasteiger partial charge in [-0.05, 0) is 0 Å². The van der Waals surface area contributed by atoms with Crippen LogP contribution in [0.15, 0.2) is 0 Å². The quantitative estimate of drug-likeness (QED) is 0.481. The van der Waals surface area contributed by atoms with E-state index in [0.717, 1.165) is 14.2 Å². The summed E-state index contributed by atoms with van der Waals surface area (Å²) in [7, 11) is 2.00. The van der Waals surface area contributed by atoms with Gasteiger partial charge in [0, 0.05) is 40.1 Å². The zero-order valence-electron chi connectivity index (χ0n) is 4.39. The Labute approximate surface area is 61.6 Å². The maximum atomic E-state index is 7.00. The molecule has 0 bridgehead atoms. The molecule has 0 spiro atoms. The van der Waals surface area contributed by atoms with E-state index in [4.69, 9.17) is 10.2 Å². The van der Waals surface area contributed by atoms with Gasteiger partial charge in [-0.3, -0.25) is 0 Å². The number of hydrogen-bond donors (Lipinski definition) is 2. The van der Waals surface area contributed by atoms with Gasteiger partial charge in [0.05, 0.1) is 0 Å². The van der Waals surface area contributed by atoms with Gasteiger partial charge >= 0.3 is 0 Å². The van der Waals surface area contributed by atoms with Crippen LogP contribution >= 0.6 is 0 Å². The molecule has 0 radical (unpaired) electrons. The summed E-state index contributed by atoms with van der Waals surface area (Å²) in [5.74, 6) is 0. The number of aliphatic hydroxyl groups is 2. The molecule has 48 valence electrons. The van der Waals surface area contributed by atoms with E-state index < -0.39 is 0 Å². The second-order valence-electron chi connectivity index (χ2n) is 0. The van der Waals surface area contributed by atoms with E-state index in [1.54, 1.807) is 0 Å². The largest absolute Gasteiger partial charge is 0.412 e. The predicted octanol–water partition coefficient (Wildman–Crippen LogP) is -2.43. The number of hydrogen-bond acceptors (Lipinski definition) is 2. The Morgan fingerprint density at radius 3 is 0.714 bits per heavy atom. The Hall–Kier alpha value is 0.710. The monoisotopic (exact) mass is 280 g/mol. The van der Waals surface area contributed by atoms with E-state index in [-0.39, 0.29) is 36.8 Å². The summed E-state index contributed by atoms with van der Waals surface area (Å²) in [5.41, 5.74) is 0. The summed E-state index contributed by atoms with van der Waals surface area (Å²) in [6.07, 6.45) is 0. The first-order chi connectivity index (χ1) is 2.00. The maximum Gasteiger partial charge on any atom is 0.0319 e. The first-order valence-corrected chi connectivity index (χ1v) is 0.894. The molecule has 5 heteroatoms. The zero-order chi connectivity index (χ0) is 4.00. The molecule has 0 aliphatic carbocycles. The standard InChI is InChI=1S/2CH4O.Hf.2H2O/c2*1-2;;;/h2*2H,1H3;;2*1H2. The maximum absolute atomic E-state index is 7.00. The third kappa shape index (κ3) is 295. The average molecular weight is 279 g/mol. The summed E-state index contributed by atoms with van der Waals surface area (Å²) in [5, 5.41) is 14.0. The molecular formula is C2H12HfO4. The molecule has 7 heavy (non-hydrogen) atoms. The van der Waals surface area contributed by atoms with Crippen LogP contribution in [0.25, 0.3) is 0 Å². The fraction of sp³-hybridized carbons (Fsp3) is 1.00. The molecule has 0 aromatic carbocycles. The van der Waals surface area contributed by atoms with Crippen LogP contribution in [-0.4, -0.2) is 35.4 Å². The molecule has 0 fully saturated rings. The molecule has 0 atom stereocenters. The summed E-state index contributed by atoms with van der Waals surface area (Å²) in [6.45, 7) is 0. The average Bonchev–Trinajstić information content (AvgIpc) is 1.50. The third-order valence-corrected chi connectivity index (χ3v) is 0. The van der Waals surface area contributed by atoms with Crippen molar-refractivity contribution >= 4 is 0 Å². The van der Waals surface area contributed by atoms with Crippen molar-refractivity contribution in [1.29, 1.82) is 0 Å². The van der Waals surface area contributed by atoms with E-state index in [1.807, 2.05) is 0 Å². The third-order valence-electron chi connectivity index (χ3n) is 0. The Bertz CT molecular complexity index is 9.65. The topological polar surface area (TPSA) is 103 Å². The van der Waals surface area contributed by atoms with Crippen molar-refractivity contribution < 1.29 is 47.0 Å². The second kappa shape index (κ2) is 434. The van der Waals surface area contributed by atoms with Gasteiger partial charge in [0.15, 0.2) is 0 Å². The van der Waals surface area contributed by atoms with Gasteiger partial charge in [0.1, 0.15) is 0 Å². The van der Waals surface area contributed by atoms with Gasteiger partial charge in [-0.1, -0.05) is 0 Å². The van der Waals surface area contributed by atoms with Crippen LogP contribution in [0.2, 0.25) is 0 Å². The van der Waals surface area contributed by atoms with Crippen molar-refractivity contribution in [3.63, 3.8) is 0 Å². The molecule has 0 aromatic rings. The van der Waals surface area contributed by atoms with Crippen LogP contribution in [0, 0.1) is 0 Å². The Morgan fingerprint density at radius 2 is 0.714 bits per heavy atom. The predicted molar refractivity (Wildman–Crippen MR) is 23.5 cm³/mol. The first-order valence-electron chi connectivity index (χ1n) is 0.894. The number of rotatable bonds is 0. The summed E-state index contributed by atoms with van der Waals surface area (Å²) >= 11 is 0. The molecule has 0 rings (SSSR count). The molecule has 0 heterocycles. The van der Waals surface area contributed by atoms with Crippen molar-refractivity contribution in [1.82, 2.24) is 0 Å². The Balaban J connectivity index is -0.00000000267. The van der Waals surface area contributed by atoms with Crippen LogP contribution in [0.1, 0.15) is 0 Å². The van der Waals surface area contributed by atoms with Gasteiger partial charge in [-0.25, -0.2) is 0 Å². The summed E-state index contributed by atoms with van der Waals surface area (Å²) in [4.78, 5) is 0. The SMILES string of the molecule is CO.CO.O.O.[Hf]. The van der Waals surface area contributed by atoms with Crippen LogP contribution in [0.5, 0.6) is 0 Å². The van der Waals surface area contributed by atoms with E-state index in [9.17, 15) is 0 Å². The van der Waals surface area contributed by atoms with E-state index in [2.05, 4.69) is 0 Å². The van der Waals surface area contributed by atoms with Gasteiger partial charge in [0.2, 0.25) is 0 Å². The van der Waals surface area contributed by atoms with Gasteiger partial charge in [0.25, 0.3) is 0 Å². The molecule has 4 nitrogen and oxygen atoms in total. The Morgan fingerprint density at radius 1 is 0.714 bits per heavy atom. The molecule has 0 aliphatic heterocycles. The van der Waals surface area contributed by atoms with Crippen LogP contribution < -0.4 is 0 Å². The normalized spacial score (nSPS) is 1.71. The molecule has 0 aromatic heterocycles. The zero-order valence-corrected chi connectivity index (χ0v) is 7.99. The fourth-order valence-corrected chi connectivity index (χ4v) is 0. The van der Waals surface area contributed by atoms with Gasteiger partial charge in [-0.2, -0.15) is 0 Å². The molecular weight excluding hydrogens is 267 g/mol. The van der Waals surface area contributed by atoms with Crippen molar-refractivity contribution in [2.45, 2.75) is 0 Å². The van der Waals surface area contributed by atoms with E-state index in [0.29, 0.717) is 0 Å². The van der Waals surface area contributed by atoms with Crippen LogP contribution in [-0.2, 0) is 25.8 Å². The molecule has 0 saturated heterocycles. The smallest absolute Gasteiger partial charge is 0.0319 e. The second-order valence-corrected chi connectivity index (χ2v) is 0. The summed E-state index contributed by atoms with van der Waals surface area (Å²) < 4.78 is 0. The van der Waals surface area contributed by atoms with Crippen molar-refractivity contribution in [3.05, 3.63) is 0 Å². The van der Waals surface area contributed by atoms with Crippen molar-refractivity contribution in [3.8, 4) is 0 Å². The fourth-order valence-electron chi connectivity index (χ4n) is 0. The van der Waals surface area contributed by atoms with Crippen LogP contribution in [0.4, 0.5) is 0 Å². The molecule has 0 amide bonds. The minimum atomic E-state index is 0. The van der Waals surface area contributed by atoms with Gasteiger partial charge in [-0.15, -0.1) is 0 Å². The number of aliphatic hydroxyl groups excluding tert-OH is 2. The molecule has 6 N–H and O–H groups in total. The van der Waals surface area contributed by atoms with E-state index in [1.165, 1.54) is 0 Å². The molecule has 0 unspecified atom stereocenters. The minimum absolute atomic E-state index is 0. The minimum Gasteiger partial charge on any atom is -0.412 e. The summed E-state index contributed by atoms with van der Waals surface area (Å²) in [6, 6.07) is 0.